The number of halogens is 1. The quantitative estimate of drug-likeness (QED) is 0.242. The fourth-order valence-electron chi connectivity index (χ4n) is 7.27. The van der Waals surface area contributed by atoms with E-state index < -0.39 is 17.1 Å². The molecule has 0 saturated carbocycles. The minimum atomic E-state index is -4.85. The predicted octanol–water partition coefficient (Wildman–Crippen LogP) is 5.21. The summed E-state index contributed by atoms with van der Waals surface area (Å²) in [7, 11) is -4.85. The Morgan fingerprint density at radius 1 is 0.600 bits per heavy atom. The summed E-state index contributed by atoms with van der Waals surface area (Å²) in [6.07, 6.45) is 5.93. The molecule has 0 aromatic heterocycles. The molecule has 0 spiro atoms. The maximum atomic E-state index is 13.2. The van der Waals surface area contributed by atoms with Gasteiger partial charge in [-0.1, -0.05) is 0 Å². The second kappa shape index (κ2) is 12.1. The Hall–Kier alpha value is -2.04. The summed E-state index contributed by atoms with van der Waals surface area (Å²) in [5.41, 5.74) is 8.66. The van der Waals surface area contributed by atoms with Crippen LogP contribution < -0.4 is 29.9 Å². The van der Waals surface area contributed by atoms with Crippen molar-refractivity contribution in [2.45, 2.75) is 94.9 Å². The van der Waals surface area contributed by atoms with Gasteiger partial charge in [-0.25, -0.2) is 0 Å². The number of benzene rings is 3. The van der Waals surface area contributed by atoms with Crippen LogP contribution >= 0.6 is 6.83 Å². The van der Waals surface area contributed by atoms with Crippen molar-refractivity contribution in [3.63, 3.8) is 0 Å². The molecule has 0 amide bonds. The molecular formula is C34H46ClO4P. The van der Waals surface area contributed by atoms with Crippen LogP contribution in [0.3, 0.4) is 0 Å². The van der Waals surface area contributed by atoms with Gasteiger partial charge in [0.2, 0.25) is 0 Å². The summed E-state index contributed by atoms with van der Waals surface area (Å²) < 4.78 is 45.9. The van der Waals surface area contributed by atoms with Crippen molar-refractivity contribution in [3.05, 3.63) is 98.4 Å². The van der Waals surface area contributed by atoms with Crippen LogP contribution in [0, 0.1) is 72.6 Å². The summed E-state index contributed by atoms with van der Waals surface area (Å²) in [6, 6.07) is 12.4. The average molecular weight is 585 g/mol. The molecular weight excluding hydrogens is 539 g/mol. The molecule has 0 N–H and O–H groups in total. The fraction of sp³-hybridized carbons (Fsp3) is 0.412. The Bertz CT molecular complexity index is 1220. The Labute approximate surface area is 243 Å². The molecule has 3 aromatic rings. The van der Waals surface area contributed by atoms with Gasteiger partial charge >= 0.3 is 244 Å². The van der Waals surface area contributed by atoms with E-state index in [0.29, 0.717) is 0 Å². The molecule has 0 fully saturated rings. The third kappa shape index (κ3) is 5.95. The van der Waals surface area contributed by atoms with E-state index >= 15 is 0 Å². The van der Waals surface area contributed by atoms with Gasteiger partial charge in [-0.3, -0.25) is 0 Å². The van der Waals surface area contributed by atoms with Crippen LogP contribution in [0.2, 0.25) is 0 Å². The Balaban J connectivity index is 2.84. The zero-order valence-electron chi connectivity index (χ0n) is 25.9. The predicted molar refractivity (Wildman–Crippen MR) is 162 cm³/mol. The van der Waals surface area contributed by atoms with Gasteiger partial charge < -0.3 is 0 Å². The SMILES string of the molecule is CCCCCC=CP(O[Cl+3]([O-])([O-])[O-])(c1c(C)cc(C)cc1C)(c1c(C)cc(C)cc1C)c1c(C)cc(C)cc1C. The minimum absolute atomic E-state index is 0.753. The van der Waals surface area contributed by atoms with E-state index in [4.69, 9.17) is 4.08 Å². The van der Waals surface area contributed by atoms with Crippen molar-refractivity contribution in [1.82, 2.24) is 0 Å². The van der Waals surface area contributed by atoms with Crippen LogP contribution in [0.1, 0.15) is 82.7 Å². The van der Waals surface area contributed by atoms with Crippen molar-refractivity contribution in [2.75, 3.05) is 0 Å². The van der Waals surface area contributed by atoms with Crippen LogP contribution in [-0.2, 0) is 4.08 Å². The van der Waals surface area contributed by atoms with Gasteiger partial charge in [-0.05, 0) is 0 Å². The van der Waals surface area contributed by atoms with E-state index in [0.717, 1.165) is 91.7 Å². The molecule has 3 aromatic carbocycles. The van der Waals surface area contributed by atoms with E-state index in [-0.39, 0.29) is 0 Å². The normalized spacial score (nSPS) is 13.6. The standard InChI is InChI=1S/C34H46ClO4P/c1-11-12-13-14-15-16-40(39-35(36,37)38,32-26(5)17-23(2)18-27(32)6,33-28(7)19-24(3)20-29(33)8)34-30(9)21-25(4)22-31(34)10/h15-22H,11-14H2,1-10H3. The first-order chi connectivity index (χ1) is 18.6. The first kappa shape index (κ1) is 32.5. The van der Waals surface area contributed by atoms with Crippen LogP contribution in [0.5, 0.6) is 0 Å². The molecule has 0 bridgehead atoms. The van der Waals surface area contributed by atoms with Gasteiger partial charge in [0.15, 0.2) is 0 Å². The van der Waals surface area contributed by atoms with Gasteiger partial charge in [0.1, 0.15) is 0 Å². The van der Waals surface area contributed by atoms with Crippen molar-refractivity contribution < 1.29 is 28.3 Å². The number of hydrogen-bond donors (Lipinski definition) is 0. The number of aryl methyl sites for hydroxylation is 9. The van der Waals surface area contributed by atoms with E-state index in [1.807, 2.05) is 68.1 Å². The van der Waals surface area contributed by atoms with Crippen molar-refractivity contribution in [1.29, 1.82) is 0 Å². The summed E-state index contributed by atoms with van der Waals surface area (Å²) >= 11 is 0. The van der Waals surface area contributed by atoms with Crippen LogP contribution in [0.4, 0.5) is 0 Å². The van der Waals surface area contributed by atoms with Crippen molar-refractivity contribution >= 4 is 22.7 Å². The molecule has 0 unspecified atom stereocenters. The first-order valence-electron chi connectivity index (χ1n) is 14.1. The summed E-state index contributed by atoms with van der Waals surface area (Å²) in [5.74, 6) is 2.02. The topological polar surface area (TPSA) is 78.4 Å². The molecule has 0 radical (unpaired) electrons. The van der Waals surface area contributed by atoms with Gasteiger partial charge in [-0.2, -0.15) is 0 Å². The van der Waals surface area contributed by atoms with Crippen LogP contribution in [0.25, 0.3) is 0 Å². The second-order valence-electron chi connectivity index (χ2n) is 11.7. The van der Waals surface area contributed by atoms with Crippen LogP contribution in [0.15, 0.2) is 48.3 Å². The zero-order chi connectivity index (χ0) is 30.1. The van der Waals surface area contributed by atoms with Crippen LogP contribution in [-0.4, -0.2) is 0 Å². The molecule has 0 atom stereocenters. The molecule has 0 heterocycles. The average Bonchev–Trinajstić information content (AvgIpc) is 2.75. The number of allylic oxidation sites excluding steroid dienone is 1. The van der Waals surface area contributed by atoms with Gasteiger partial charge in [-0.15, -0.1) is 0 Å². The fourth-order valence-corrected chi connectivity index (χ4v) is 15.9. The maximum absolute atomic E-state index is 13.2. The zero-order valence-corrected chi connectivity index (χ0v) is 27.6. The Morgan fingerprint density at radius 3 is 1.20 bits per heavy atom. The number of unbranched alkanes of at least 4 members (excludes halogenated alkanes) is 3. The van der Waals surface area contributed by atoms with Gasteiger partial charge in [0.25, 0.3) is 0 Å². The van der Waals surface area contributed by atoms with Gasteiger partial charge in [0.05, 0.1) is 0 Å². The third-order valence-corrected chi connectivity index (χ3v) is 15.2. The molecule has 0 aliphatic carbocycles. The third-order valence-electron chi connectivity index (χ3n) is 7.83. The summed E-state index contributed by atoms with van der Waals surface area (Å²) in [6.45, 7) is 15.7. The van der Waals surface area contributed by atoms with E-state index in [2.05, 4.69) is 49.4 Å². The van der Waals surface area contributed by atoms with E-state index in [1.165, 1.54) is 0 Å². The van der Waals surface area contributed by atoms with E-state index in [9.17, 15) is 14.0 Å². The van der Waals surface area contributed by atoms with E-state index in [1.54, 1.807) is 0 Å². The number of hydrogen-bond acceptors (Lipinski definition) is 4. The number of rotatable bonds is 10. The molecule has 0 aliphatic heterocycles. The summed E-state index contributed by atoms with van der Waals surface area (Å²) in [5, 5.41) is 2.38. The molecule has 40 heavy (non-hydrogen) atoms. The van der Waals surface area contributed by atoms with Gasteiger partial charge in [0, 0.05) is 0 Å². The van der Waals surface area contributed by atoms with Crippen molar-refractivity contribution in [2.24, 2.45) is 0 Å². The Kier molecular flexibility index (Phi) is 9.79. The summed E-state index contributed by atoms with van der Waals surface area (Å²) in [4.78, 5) is 0. The van der Waals surface area contributed by atoms with Crippen molar-refractivity contribution in [3.8, 4) is 0 Å². The Morgan fingerprint density at radius 2 is 0.925 bits per heavy atom. The molecule has 4 nitrogen and oxygen atoms in total. The second-order valence-corrected chi connectivity index (χ2v) is 16.8. The molecule has 6 heteroatoms. The molecule has 0 aliphatic rings. The first-order valence-corrected chi connectivity index (χ1v) is 17.6. The molecule has 0 saturated heterocycles. The molecule has 3 rings (SSSR count). The molecule has 218 valence electrons. The monoisotopic (exact) mass is 584 g/mol.